The maximum absolute atomic E-state index is 12.5. The van der Waals surface area contributed by atoms with Crippen LogP contribution < -0.4 is 10.6 Å². The summed E-state index contributed by atoms with van der Waals surface area (Å²) in [7, 11) is 1.10. The Labute approximate surface area is 156 Å². The van der Waals surface area contributed by atoms with Gasteiger partial charge in [-0.25, -0.2) is 0 Å². The minimum Gasteiger partial charge on any atom is -0.334 e. The first kappa shape index (κ1) is 19.7. The molecule has 1 aromatic carbocycles. The van der Waals surface area contributed by atoms with Gasteiger partial charge in [0.2, 0.25) is 5.91 Å². The van der Waals surface area contributed by atoms with Crippen LogP contribution >= 0.6 is 0 Å². The van der Waals surface area contributed by atoms with Gasteiger partial charge in [0.25, 0.3) is 0 Å². The van der Waals surface area contributed by atoms with E-state index < -0.39 is 12.1 Å². The number of benzene rings is 1. The molecule has 5 nitrogen and oxygen atoms in total. The van der Waals surface area contributed by atoms with Crippen molar-refractivity contribution in [2.24, 2.45) is 5.92 Å². The number of fused-ring (bicyclic) bond motifs is 1. The van der Waals surface area contributed by atoms with Gasteiger partial charge in [-0.1, -0.05) is 25.0 Å². The molecule has 1 heterocycles. The maximum Gasteiger partial charge on any atom is 0.471 e. The molecule has 1 aliphatic carbocycles. The van der Waals surface area contributed by atoms with Gasteiger partial charge in [-0.15, -0.1) is 0 Å². The van der Waals surface area contributed by atoms with Gasteiger partial charge >= 0.3 is 12.1 Å². The third-order valence-corrected chi connectivity index (χ3v) is 5.38. The van der Waals surface area contributed by atoms with E-state index in [4.69, 9.17) is 0 Å². The largest absolute Gasteiger partial charge is 0.471 e. The molecule has 1 saturated carbocycles. The fraction of sp³-hybridized carbons (Fsp3) is 0.579. The van der Waals surface area contributed by atoms with E-state index in [0.29, 0.717) is 28.1 Å². The second kappa shape index (κ2) is 7.88. The Morgan fingerprint density at radius 2 is 2.00 bits per heavy atom. The van der Waals surface area contributed by atoms with Crippen molar-refractivity contribution in [3.05, 3.63) is 29.8 Å². The molecule has 0 aromatic heterocycles. The summed E-state index contributed by atoms with van der Waals surface area (Å²) < 4.78 is 37.5. The van der Waals surface area contributed by atoms with Crippen molar-refractivity contribution in [2.45, 2.75) is 56.9 Å². The molecular formula is C19H24F3N3O2. The summed E-state index contributed by atoms with van der Waals surface area (Å²) >= 11 is 0. The molecule has 8 heteroatoms. The van der Waals surface area contributed by atoms with Gasteiger partial charge in [0.15, 0.2) is 0 Å². The molecule has 1 saturated heterocycles. The molecule has 0 bridgehead atoms. The molecule has 3 rings (SSSR count). The average Bonchev–Trinajstić information content (AvgIpc) is 3.05. The van der Waals surface area contributed by atoms with Crippen molar-refractivity contribution in [3.63, 3.8) is 0 Å². The Kier molecular flexibility index (Phi) is 5.74. The molecule has 2 amide bonds. The van der Waals surface area contributed by atoms with Crippen LogP contribution in [0.25, 0.3) is 0 Å². The van der Waals surface area contributed by atoms with Crippen molar-refractivity contribution in [3.8, 4) is 0 Å². The number of alkyl halides is 3. The van der Waals surface area contributed by atoms with Gasteiger partial charge in [0.05, 0.1) is 6.04 Å². The summed E-state index contributed by atoms with van der Waals surface area (Å²) in [6.07, 6.45) is 0.572. The van der Waals surface area contributed by atoms with E-state index in [-0.39, 0.29) is 18.5 Å². The van der Waals surface area contributed by atoms with Gasteiger partial charge < -0.3 is 15.5 Å². The van der Waals surface area contributed by atoms with Gasteiger partial charge in [-0.05, 0) is 42.9 Å². The van der Waals surface area contributed by atoms with Gasteiger partial charge in [0, 0.05) is 25.3 Å². The van der Waals surface area contributed by atoms with E-state index in [2.05, 4.69) is 10.6 Å². The molecule has 2 N–H and O–H groups in total. The van der Waals surface area contributed by atoms with Crippen LogP contribution in [0.15, 0.2) is 24.3 Å². The molecule has 2 aliphatic rings. The number of anilines is 1. The molecule has 0 radical (unpaired) electrons. The predicted molar refractivity (Wildman–Crippen MR) is 94.9 cm³/mol. The van der Waals surface area contributed by atoms with E-state index in [0.717, 1.165) is 26.3 Å². The van der Waals surface area contributed by atoms with Crippen LogP contribution in [-0.2, 0) is 16.1 Å². The molecule has 27 heavy (non-hydrogen) atoms. The number of carbonyl (C=O) groups is 2. The number of hydrogen-bond acceptors (Lipinski definition) is 3. The van der Waals surface area contributed by atoms with Crippen molar-refractivity contribution < 1.29 is 22.8 Å². The summed E-state index contributed by atoms with van der Waals surface area (Å²) in [4.78, 5) is 24.4. The van der Waals surface area contributed by atoms with Crippen LogP contribution in [0.4, 0.5) is 18.9 Å². The molecule has 1 aromatic rings. The second-order valence-electron chi connectivity index (χ2n) is 7.45. The first-order valence-electron chi connectivity index (χ1n) is 9.22. The van der Waals surface area contributed by atoms with E-state index >= 15 is 0 Å². The quantitative estimate of drug-likeness (QED) is 0.840. The second-order valence-corrected chi connectivity index (χ2v) is 7.45. The first-order chi connectivity index (χ1) is 12.7. The first-order valence-corrected chi connectivity index (χ1v) is 9.22. The van der Waals surface area contributed by atoms with Gasteiger partial charge in [0.1, 0.15) is 0 Å². The highest BCUT2D eigenvalue weighted by Crippen LogP contribution is 2.33. The Balaban J connectivity index is 1.59. The maximum atomic E-state index is 12.5. The Morgan fingerprint density at radius 3 is 2.70 bits per heavy atom. The van der Waals surface area contributed by atoms with Gasteiger partial charge in [-0.3, -0.25) is 9.59 Å². The fourth-order valence-electron chi connectivity index (χ4n) is 4.06. The topological polar surface area (TPSA) is 61.4 Å². The number of halogens is 3. The number of hydrogen-bond donors (Lipinski definition) is 2. The molecular weight excluding hydrogens is 359 g/mol. The lowest BCUT2D eigenvalue weighted by Crippen LogP contribution is -2.40. The summed E-state index contributed by atoms with van der Waals surface area (Å²) in [5.74, 6) is -1.47. The number of nitrogens with zero attached hydrogens (tertiary/aromatic N) is 1. The number of rotatable bonds is 4. The van der Waals surface area contributed by atoms with Crippen LogP contribution in [0.1, 0.15) is 37.7 Å². The predicted octanol–water partition coefficient (Wildman–Crippen LogP) is 3.07. The molecule has 0 spiro atoms. The number of carbonyl (C=O) groups excluding carboxylic acids is 2. The van der Waals surface area contributed by atoms with Crippen LogP contribution in [0.5, 0.6) is 0 Å². The Hall–Kier alpha value is -2.09. The Bertz CT molecular complexity index is 694. The van der Waals surface area contributed by atoms with E-state index in [1.165, 1.54) is 12.8 Å². The lowest BCUT2D eigenvalue weighted by molar-refractivity contribution is -0.184. The zero-order valence-electron chi connectivity index (χ0n) is 15.2. The van der Waals surface area contributed by atoms with Crippen LogP contribution in [0.2, 0.25) is 0 Å². The summed E-state index contributed by atoms with van der Waals surface area (Å²) in [5, 5.41) is 6.24. The van der Waals surface area contributed by atoms with Crippen molar-refractivity contribution in [2.75, 3.05) is 12.4 Å². The summed E-state index contributed by atoms with van der Waals surface area (Å²) in [5.41, 5.74) is 1.03. The van der Waals surface area contributed by atoms with Crippen molar-refractivity contribution in [1.29, 1.82) is 0 Å². The molecule has 2 fully saturated rings. The SMILES string of the molecule is CN(Cc1cccc(NC(=O)C2CC3CCCCC3N2)c1)C(=O)C(F)(F)F. The number of amides is 2. The lowest BCUT2D eigenvalue weighted by Gasteiger charge is -2.24. The number of nitrogens with one attached hydrogen (secondary N) is 2. The molecule has 1 aliphatic heterocycles. The molecule has 3 unspecified atom stereocenters. The normalized spacial score (nSPS) is 25.0. The average molecular weight is 383 g/mol. The zero-order valence-corrected chi connectivity index (χ0v) is 15.2. The highest BCUT2D eigenvalue weighted by atomic mass is 19.4. The summed E-state index contributed by atoms with van der Waals surface area (Å²) in [6.45, 7) is -0.187. The third-order valence-electron chi connectivity index (χ3n) is 5.38. The minimum absolute atomic E-state index is 0.124. The zero-order chi connectivity index (χ0) is 19.6. The van der Waals surface area contributed by atoms with Gasteiger partial charge in [-0.2, -0.15) is 13.2 Å². The van der Waals surface area contributed by atoms with Crippen molar-refractivity contribution >= 4 is 17.5 Å². The molecule has 148 valence electrons. The standard InChI is InChI=1S/C19H24F3N3O2/c1-25(18(27)19(20,21)22)11-12-5-4-7-14(9-12)23-17(26)16-10-13-6-2-3-8-15(13)24-16/h4-5,7,9,13,15-16,24H,2-3,6,8,10-11H2,1H3,(H,23,26). The van der Waals surface area contributed by atoms with Crippen LogP contribution in [0.3, 0.4) is 0 Å². The minimum atomic E-state index is -4.90. The Morgan fingerprint density at radius 1 is 1.26 bits per heavy atom. The smallest absolute Gasteiger partial charge is 0.334 e. The highest BCUT2D eigenvalue weighted by Gasteiger charge is 2.41. The lowest BCUT2D eigenvalue weighted by atomic mass is 9.85. The van der Waals surface area contributed by atoms with Crippen LogP contribution in [0, 0.1) is 5.92 Å². The molecule has 3 atom stereocenters. The van der Waals surface area contributed by atoms with Crippen LogP contribution in [-0.4, -0.2) is 42.0 Å². The van der Waals surface area contributed by atoms with E-state index in [1.54, 1.807) is 24.3 Å². The monoisotopic (exact) mass is 383 g/mol. The third kappa shape index (κ3) is 4.80. The van der Waals surface area contributed by atoms with E-state index in [1.807, 2.05) is 0 Å². The van der Waals surface area contributed by atoms with E-state index in [9.17, 15) is 22.8 Å². The highest BCUT2D eigenvalue weighted by molar-refractivity contribution is 5.95. The summed E-state index contributed by atoms with van der Waals surface area (Å²) in [6, 6.07) is 6.73. The fourth-order valence-corrected chi connectivity index (χ4v) is 4.06. The van der Waals surface area contributed by atoms with Crippen molar-refractivity contribution in [1.82, 2.24) is 10.2 Å².